The van der Waals surface area contributed by atoms with Crippen molar-refractivity contribution in [1.82, 2.24) is 14.5 Å². The van der Waals surface area contributed by atoms with Crippen molar-refractivity contribution < 1.29 is 9.90 Å². The Morgan fingerprint density at radius 1 is 1.36 bits per heavy atom. The Labute approximate surface area is 150 Å². The molecule has 1 aromatic carbocycles. The molecule has 132 valence electrons. The second-order valence-corrected chi connectivity index (χ2v) is 7.10. The Hall–Kier alpha value is -2.38. The molecule has 0 aliphatic heterocycles. The molecule has 3 rings (SSSR count). The smallest absolute Gasteiger partial charge is 0.242 e. The predicted octanol–water partition coefficient (Wildman–Crippen LogP) is 2.55. The molecular weight excluding hydrogens is 336 g/mol. The number of benzene rings is 1. The van der Waals surface area contributed by atoms with E-state index in [2.05, 4.69) is 10.3 Å². The summed E-state index contributed by atoms with van der Waals surface area (Å²) in [5, 5.41) is 14.7. The lowest BCUT2D eigenvalue weighted by atomic mass is 10.3. The van der Waals surface area contributed by atoms with Gasteiger partial charge in [0, 0.05) is 18.5 Å². The van der Waals surface area contributed by atoms with Gasteiger partial charge in [0.25, 0.3) is 0 Å². The first-order valence-corrected chi connectivity index (χ1v) is 9.06. The summed E-state index contributed by atoms with van der Waals surface area (Å²) in [5.41, 5.74) is 1.72. The fourth-order valence-corrected chi connectivity index (χ4v) is 3.35. The van der Waals surface area contributed by atoms with E-state index < -0.39 is 6.10 Å². The van der Waals surface area contributed by atoms with Crippen LogP contribution in [0.1, 0.15) is 11.8 Å². The van der Waals surface area contributed by atoms with Gasteiger partial charge >= 0.3 is 0 Å². The van der Waals surface area contributed by atoms with E-state index in [0.29, 0.717) is 19.0 Å². The zero-order valence-corrected chi connectivity index (χ0v) is 15.2. The van der Waals surface area contributed by atoms with Crippen molar-refractivity contribution in [2.75, 3.05) is 18.9 Å². The minimum absolute atomic E-state index is 0.0108. The number of anilines is 1. The van der Waals surface area contributed by atoms with Gasteiger partial charge in [-0.2, -0.15) is 0 Å². The summed E-state index contributed by atoms with van der Waals surface area (Å²) < 4.78 is 1.87. The summed E-state index contributed by atoms with van der Waals surface area (Å²) in [6, 6.07) is 11.7. The normalized spacial score (nSPS) is 12.3. The van der Waals surface area contributed by atoms with Crippen molar-refractivity contribution in [3.8, 4) is 0 Å². The van der Waals surface area contributed by atoms with Crippen LogP contribution < -0.4 is 5.32 Å². The number of nitrogens with one attached hydrogen (secondary N) is 1. The summed E-state index contributed by atoms with van der Waals surface area (Å²) in [6.07, 6.45) is -0.495. The first-order chi connectivity index (χ1) is 12.0. The summed E-state index contributed by atoms with van der Waals surface area (Å²) in [6.45, 7) is 2.88. The van der Waals surface area contributed by atoms with Crippen LogP contribution in [-0.2, 0) is 17.9 Å². The molecule has 2 aromatic heterocycles. The molecule has 25 heavy (non-hydrogen) atoms. The first-order valence-electron chi connectivity index (χ1n) is 8.18. The number of aliphatic hydroxyl groups excluding tert-OH is 1. The van der Waals surface area contributed by atoms with Gasteiger partial charge < -0.3 is 19.9 Å². The third kappa shape index (κ3) is 4.18. The number of amides is 1. The van der Waals surface area contributed by atoms with Gasteiger partial charge in [0.15, 0.2) is 0 Å². The van der Waals surface area contributed by atoms with Crippen LogP contribution in [0.5, 0.6) is 0 Å². The summed E-state index contributed by atoms with van der Waals surface area (Å²) in [5.74, 6) is 0.608. The van der Waals surface area contributed by atoms with Crippen molar-refractivity contribution in [3.05, 3.63) is 46.7 Å². The van der Waals surface area contributed by atoms with Gasteiger partial charge in [0.1, 0.15) is 6.54 Å². The van der Waals surface area contributed by atoms with E-state index >= 15 is 0 Å². The number of carbonyl (C=O) groups is 1. The van der Waals surface area contributed by atoms with E-state index in [0.717, 1.165) is 15.9 Å². The molecule has 0 aliphatic carbocycles. The number of nitrogens with zero attached hydrogens (tertiary/aromatic N) is 3. The fourth-order valence-electron chi connectivity index (χ4n) is 2.59. The van der Waals surface area contributed by atoms with E-state index in [-0.39, 0.29) is 12.5 Å². The lowest BCUT2D eigenvalue weighted by Gasteiger charge is -2.18. The Bertz CT molecular complexity index is 842. The maximum atomic E-state index is 12.7. The zero-order valence-electron chi connectivity index (χ0n) is 14.3. The quantitative estimate of drug-likeness (QED) is 0.681. The minimum atomic E-state index is -0.495. The standard InChI is InChI=1S/C18H22N4O2S/c1-13(23)10-19-18-20-15-7-3-4-8-16(15)22(18)12-17(24)21(2)11-14-6-5-9-25-14/h3-9,13,23H,10-12H2,1-2H3,(H,19,20). The molecule has 3 aromatic rings. The van der Waals surface area contributed by atoms with Crippen LogP contribution in [-0.4, -0.2) is 45.2 Å². The number of carbonyl (C=O) groups excluding carboxylic acids is 1. The highest BCUT2D eigenvalue weighted by Crippen LogP contribution is 2.20. The van der Waals surface area contributed by atoms with Crippen LogP contribution in [0.2, 0.25) is 0 Å². The maximum absolute atomic E-state index is 12.7. The lowest BCUT2D eigenvalue weighted by Crippen LogP contribution is -2.30. The molecule has 2 heterocycles. The minimum Gasteiger partial charge on any atom is -0.392 e. The number of fused-ring (bicyclic) bond motifs is 1. The molecule has 2 N–H and O–H groups in total. The van der Waals surface area contributed by atoms with Crippen molar-refractivity contribution in [1.29, 1.82) is 0 Å². The summed E-state index contributed by atoms with van der Waals surface area (Å²) in [4.78, 5) is 20.1. The number of imidazole rings is 1. The molecule has 0 saturated heterocycles. The molecule has 0 fully saturated rings. The van der Waals surface area contributed by atoms with E-state index in [9.17, 15) is 9.90 Å². The number of aliphatic hydroxyl groups is 1. The molecule has 0 spiro atoms. The fraction of sp³-hybridized carbons (Fsp3) is 0.333. The predicted molar refractivity (Wildman–Crippen MR) is 101 cm³/mol. The van der Waals surface area contributed by atoms with Gasteiger partial charge in [-0.25, -0.2) is 4.98 Å². The van der Waals surface area contributed by atoms with E-state index in [1.54, 1.807) is 23.2 Å². The van der Waals surface area contributed by atoms with Crippen LogP contribution in [0.3, 0.4) is 0 Å². The van der Waals surface area contributed by atoms with Gasteiger partial charge in [-0.1, -0.05) is 18.2 Å². The Morgan fingerprint density at radius 3 is 2.88 bits per heavy atom. The SMILES string of the molecule is CC(O)CNc1nc2ccccc2n1CC(=O)N(C)Cc1cccs1. The molecular formula is C18H22N4O2S. The second kappa shape index (κ2) is 7.67. The molecule has 1 unspecified atom stereocenters. The Kier molecular flexibility index (Phi) is 5.35. The number of hydrogen-bond donors (Lipinski definition) is 2. The van der Waals surface area contributed by atoms with Crippen molar-refractivity contribution >= 4 is 34.2 Å². The van der Waals surface area contributed by atoms with Crippen molar-refractivity contribution in [2.45, 2.75) is 26.1 Å². The number of hydrogen-bond acceptors (Lipinski definition) is 5. The molecule has 7 heteroatoms. The third-order valence-corrected chi connectivity index (χ3v) is 4.76. The van der Waals surface area contributed by atoms with Gasteiger partial charge in [-0.15, -0.1) is 11.3 Å². The monoisotopic (exact) mass is 358 g/mol. The average molecular weight is 358 g/mol. The van der Waals surface area contributed by atoms with Gasteiger partial charge in [0.05, 0.1) is 23.7 Å². The number of rotatable bonds is 7. The highest BCUT2D eigenvalue weighted by atomic mass is 32.1. The number of para-hydroxylation sites is 2. The van der Waals surface area contributed by atoms with Gasteiger partial charge in [-0.3, -0.25) is 4.79 Å². The zero-order chi connectivity index (χ0) is 17.8. The molecule has 0 radical (unpaired) electrons. The van der Waals surface area contributed by atoms with Gasteiger partial charge in [0.2, 0.25) is 11.9 Å². The van der Waals surface area contributed by atoms with E-state index in [4.69, 9.17) is 0 Å². The van der Waals surface area contributed by atoms with E-state index in [1.807, 2.05) is 53.4 Å². The van der Waals surface area contributed by atoms with Crippen LogP contribution in [0.4, 0.5) is 5.95 Å². The highest BCUT2D eigenvalue weighted by Gasteiger charge is 2.16. The number of likely N-dealkylation sites (N-methyl/N-ethyl adjacent to an activating group) is 1. The Balaban J connectivity index is 1.80. The maximum Gasteiger partial charge on any atom is 0.242 e. The van der Waals surface area contributed by atoms with Crippen molar-refractivity contribution in [2.24, 2.45) is 0 Å². The van der Waals surface area contributed by atoms with Crippen LogP contribution in [0, 0.1) is 0 Å². The number of thiophene rings is 1. The van der Waals surface area contributed by atoms with Gasteiger partial charge in [-0.05, 0) is 30.5 Å². The molecule has 1 amide bonds. The molecule has 6 nitrogen and oxygen atoms in total. The van der Waals surface area contributed by atoms with Crippen molar-refractivity contribution in [3.63, 3.8) is 0 Å². The van der Waals surface area contributed by atoms with Crippen LogP contribution >= 0.6 is 11.3 Å². The molecule has 0 saturated carbocycles. The largest absolute Gasteiger partial charge is 0.392 e. The lowest BCUT2D eigenvalue weighted by molar-refractivity contribution is -0.130. The molecule has 1 atom stereocenters. The number of aromatic nitrogens is 2. The first kappa shape index (κ1) is 17.4. The summed E-state index contributed by atoms with van der Waals surface area (Å²) in [7, 11) is 1.81. The van der Waals surface area contributed by atoms with Crippen LogP contribution in [0.25, 0.3) is 11.0 Å². The Morgan fingerprint density at radius 2 is 2.16 bits per heavy atom. The highest BCUT2D eigenvalue weighted by molar-refractivity contribution is 7.09. The topological polar surface area (TPSA) is 70.4 Å². The molecule has 0 aliphatic rings. The van der Waals surface area contributed by atoms with Crippen LogP contribution in [0.15, 0.2) is 41.8 Å². The molecule has 0 bridgehead atoms. The van der Waals surface area contributed by atoms with E-state index in [1.165, 1.54) is 0 Å². The second-order valence-electron chi connectivity index (χ2n) is 6.07. The summed E-state index contributed by atoms with van der Waals surface area (Å²) >= 11 is 1.64. The third-order valence-electron chi connectivity index (χ3n) is 3.90. The average Bonchev–Trinajstić information content (AvgIpc) is 3.21.